The number of ether oxygens (including phenoxy) is 1. The largest absolute Gasteiger partial charge is 0.467 e. The minimum atomic E-state index is 0.234. The molecule has 0 fully saturated rings. The van der Waals surface area contributed by atoms with Crippen molar-refractivity contribution in [2.75, 3.05) is 7.11 Å². The van der Waals surface area contributed by atoms with E-state index in [2.05, 4.69) is 30.2 Å². The second kappa shape index (κ2) is 5.72. The molecule has 0 saturated carbocycles. The summed E-state index contributed by atoms with van der Waals surface area (Å²) in [6, 6.07) is 0.234. The van der Waals surface area contributed by atoms with Crippen LogP contribution in [0.5, 0.6) is 6.01 Å². The Hall–Kier alpha value is -2.49. The van der Waals surface area contributed by atoms with Gasteiger partial charge in [0.05, 0.1) is 17.7 Å². The van der Waals surface area contributed by atoms with Crippen molar-refractivity contribution in [3.05, 3.63) is 23.6 Å². The number of aromatic nitrogens is 7. The van der Waals surface area contributed by atoms with E-state index in [1.54, 1.807) is 6.92 Å². The number of hydrogen-bond acceptors (Lipinski definition) is 9. The van der Waals surface area contributed by atoms with Crippen LogP contribution in [0, 0.1) is 20.8 Å². The first kappa shape index (κ1) is 14.4. The van der Waals surface area contributed by atoms with Crippen LogP contribution < -0.4 is 4.74 Å². The normalized spacial score (nSPS) is 10.9. The molecule has 0 unspecified atom stereocenters. The molecule has 0 aliphatic heterocycles. The summed E-state index contributed by atoms with van der Waals surface area (Å²) in [5.74, 6) is 1.62. The van der Waals surface area contributed by atoms with E-state index in [9.17, 15) is 0 Å². The molecule has 0 bridgehead atoms. The molecule has 10 heteroatoms. The van der Waals surface area contributed by atoms with Gasteiger partial charge in [0.1, 0.15) is 17.9 Å². The molecule has 3 aromatic rings. The molecule has 0 radical (unpaired) electrons. The van der Waals surface area contributed by atoms with Crippen LogP contribution in [0.1, 0.15) is 17.3 Å². The van der Waals surface area contributed by atoms with Gasteiger partial charge in [0, 0.05) is 0 Å². The van der Waals surface area contributed by atoms with Gasteiger partial charge in [0.15, 0.2) is 0 Å². The molecule has 0 aromatic carbocycles. The Kier molecular flexibility index (Phi) is 3.75. The third-order valence-corrected chi connectivity index (χ3v) is 3.89. The topological polar surface area (TPSA) is 105 Å². The van der Waals surface area contributed by atoms with E-state index in [1.807, 2.05) is 13.8 Å². The fourth-order valence-electron chi connectivity index (χ4n) is 1.74. The van der Waals surface area contributed by atoms with Gasteiger partial charge >= 0.3 is 6.01 Å². The molecule has 0 aliphatic carbocycles. The summed E-state index contributed by atoms with van der Waals surface area (Å²) in [6.45, 7) is 5.47. The molecule has 3 aromatic heterocycles. The fraction of sp³-hybridized carbons (Fsp3) is 0.333. The van der Waals surface area contributed by atoms with Gasteiger partial charge in [-0.3, -0.25) is 0 Å². The van der Waals surface area contributed by atoms with E-state index in [4.69, 9.17) is 9.26 Å². The van der Waals surface area contributed by atoms with Crippen LogP contribution in [0.4, 0.5) is 0 Å². The van der Waals surface area contributed by atoms with Crippen LogP contribution >= 0.6 is 11.8 Å². The van der Waals surface area contributed by atoms with Crippen LogP contribution in [-0.2, 0) is 0 Å². The molecule has 3 heterocycles. The van der Waals surface area contributed by atoms with E-state index in [0.717, 1.165) is 16.3 Å². The Bertz CT molecular complexity index is 794. The lowest BCUT2D eigenvalue weighted by atomic mass is 10.4. The average Bonchev–Trinajstić information content (AvgIpc) is 3.09. The maximum absolute atomic E-state index is 5.12. The van der Waals surface area contributed by atoms with Crippen molar-refractivity contribution in [1.82, 2.24) is 34.9 Å². The quantitative estimate of drug-likeness (QED) is 0.707. The number of methoxy groups -OCH3 is 1. The second-order valence-electron chi connectivity index (χ2n) is 4.40. The Morgan fingerprint density at radius 2 is 2.00 bits per heavy atom. The molecular weight excluding hydrogens is 306 g/mol. The summed E-state index contributed by atoms with van der Waals surface area (Å²) in [6.07, 6.45) is 1.54. The van der Waals surface area contributed by atoms with E-state index in [-0.39, 0.29) is 6.01 Å². The van der Waals surface area contributed by atoms with Gasteiger partial charge in [0.25, 0.3) is 5.95 Å². The molecule has 0 amide bonds. The molecule has 114 valence electrons. The molecule has 9 nitrogen and oxygen atoms in total. The van der Waals surface area contributed by atoms with E-state index < -0.39 is 0 Å². The number of nitrogens with zero attached hydrogens (tertiary/aromatic N) is 7. The standard InChI is InChI=1S/C12H13N7O2S/c1-6-9(7(2)21-18-6)22-12-13-5-19(17-12)10-14-8(3)15-11(16-10)20-4/h5H,1-4H3. The van der Waals surface area contributed by atoms with Crippen molar-refractivity contribution in [1.29, 1.82) is 0 Å². The van der Waals surface area contributed by atoms with Gasteiger partial charge in [-0.1, -0.05) is 5.16 Å². The lowest BCUT2D eigenvalue weighted by Crippen LogP contribution is -2.06. The first-order valence-electron chi connectivity index (χ1n) is 6.36. The zero-order valence-electron chi connectivity index (χ0n) is 12.4. The summed E-state index contributed by atoms with van der Waals surface area (Å²) in [5, 5.41) is 8.80. The Balaban J connectivity index is 1.89. The van der Waals surface area contributed by atoms with Gasteiger partial charge in [-0.2, -0.15) is 19.6 Å². The van der Waals surface area contributed by atoms with Crippen molar-refractivity contribution in [2.45, 2.75) is 30.8 Å². The van der Waals surface area contributed by atoms with Gasteiger partial charge in [-0.15, -0.1) is 5.10 Å². The lowest BCUT2D eigenvalue weighted by molar-refractivity contribution is 0.375. The zero-order chi connectivity index (χ0) is 15.7. The smallest absolute Gasteiger partial charge is 0.321 e. The second-order valence-corrected chi connectivity index (χ2v) is 5.37. The highest BCUT2D eigenvalue weighted by Gasteiger charge is 2.15. The first-order valence-corrected chi connectivity index (χ1v) is 7.18. The van der Waals surface area contributed by atoms with E-state index >= 15 is 0 Å². The Labute approximate surface area is 130 Å². The minimum absolute atomic E-state index is 0.234. The van der Waals surface area contributed by atoms with E-state index in [0.29, 0.717) is 16.9 Å². The van der Waals surface area contributed by atoms with E-state index in [1.165, 1.54) is 29.9 Å². The SMILES string of the molecule is COc1nc(C)nc(-n2cnc(Sc3c(C)noc3C)n2)n1. The molecular formula is C12H13N7O2S. The highest BCUT2D eigenvalue weighted by molar-refractivity contribution is 7.99. The molecule has 0 N–H and O–H groups in total. The van der Waals surface area contributed by atoms with Gasteiger partial charge in [-0.05, 0) is 32.5 Å². The van der Waals surface area contributed by atoms with Crippen LogP contribution in [0.25, 0.3) is 5.95 Å². The molecule has 0 aliphatic rings. The Morgan fingerprint density at radius 3 is 2.68 bits per heavy atom. The van der Waals surface area contributed by atoms with Gasteiger partial charge < -0.3 is 9.26 Å². The van der Waals surface area contributed by atoms with Crippen molar-refractivity contribution < 1.29 is 9.26 Å². The molecule has 0 atom stereocenters. The average molecular weight is 319 g/mol. The number of hydrogen-bond donors (Lipinski definition) is 0. The van der Waals surface area contributed by atoms with Crippen molar-refractivity contribution in [3.63, 3.8) is 0 Å². The summed E-state index contributed by atoms with van der Waals surface area (Å²) in [4.78, 5) is 17.5. The predicted octanol–water partition coefficient (Wildman–Crippen LogP) is 1.53. The molecule has 0 saturated heterocycles. The summed E-state index contributed by atoms with van der Waals surface area (Å²) < 4.78 is 11.6. The van der Waals surface area contributed by atoms with Gasteiger partial charge in [0.2, 0.25) is 5.16 Å². The molecule has 3 rings (SSSR count). The minimum Gasteiger partial charge on any atom is -0.467 e. The molecule has 0 spiro atoms. The highest BCUT2D eigenvalue weighted by atomic mass is 32.2. The van der Waals surface area contributed by atoms with Gasteiger partial charge in [-0.25, -0.2) is 4.98 Å². The summed E-state index contributed by atoms with van der Waals surface area (Å²) in [7, 11) is 1.50. The Morgan fingerprint density at radius 1 is 1.18 bits per heavy atom. The lowest BCUT2D eigenvalue weighted by Gasteiger charge is -2.02. The van der Waals surface area contributed by atoms with Crippen molar-refractivity contribution in [3.8, 4) is 12.0 Å². The first-order chi connectivity index (χ1) is 10.6. The monoisotopic (exact) mass is 319 g/mol. The number of aryl methyl sites for hydroxylation is 3. The summed E-state index contributed by atoms with van der Waals surface area (Å²) in [5.41, 5.74) is 0.802. The van der Waals surface area contributed by atoms with Crippen LogP contribution in [0.3, 0.4) is 0 Å². The third kappa shape index (κ3) is 2.77. The van der Waals surface area contributed by atoms with Crippen LogP contribution in [0.2, 0.25) is 0 Å². The van der Waals surface area contributed by atoms with Crippen LogP contribution in [-0.4, -0.2) is 42.0 Å². The maximum atomic E-state index is 5.12. The van der Waals surface area contributed by atoms with Crippen LogP contribution in [0.15, 0.2) is 20.9 Å². The number of rotatable bonds is 4. The van der Waals surface area contributed by atoms with Crippen molar-refractivity contribution in [2.24, 2.45) is 0 Å². The predicted molar refractivity (Wildman–Crippen MR) is 76.1 cm³/mol. The van der Waals surface area contributed by atoms with Crippen molar-refractivity contribution >= 4 is 11.8 Å². The zero-order valence-corrected chi connectivity index (χ0v) is 13.2. The highest BCUT2D eigenvalue weighted by Crippen LogP contribution is 2.30. The summed E-state index contributed by atoms with van der Waals surface area (Å²) >= 11 is 1.38. The fourth-order valence-corrected chi connectivity index (χ4v) is 2.52. The molecule has 22 heavy (non-hydrogen) atoms. The third-order valence-electron chi connectivity index (χ3n) is 2.73. The maximum Gasteiger partial charge on any atom is 0.321 e.